The lowest BCUT2D eigenvalue weighted by Crippen LogP contribution is -2.26. The highest BCUT2D eigenvalue weighted by Crippen LogP contribution is 2.42. The summed E-state index contributed by atoms with van der Waals surface area (Å²) in [4.78, 5) is 0. The summed E-state index contributed by atoms with van der Waals surface area (Å²) >= 11 is 3.52. The average Bonchev–Trinajstić information content (AvgIpc) is 2.36. The van der Waals surface area contributed by atoms with Gasteiger partial charge in [0.2, 0.25) is 0 Å². The summed E-state index contributed by atoms with van der Waals surface area (Å²) in [6.07, 6.45) is 3.47. The summed E-state index contributed by atoms with van der Waals surface area (Å²) in [5, 5.41) is 13.7. The molecular weight excluding hydrogens is 282 g/mol. The summed E-state index contributed by atoms with van der Waals surface area (Å²) in [5.74, 6) is 0.842. The van der Waals surface area contributed by atoms with Gasteiger partial charge in [0.25, 0.3) is 0 Å². The maximum absolute atomic E-state index is 10.3. The van der Waals surface area contributed by atoms with Crippen molar-refractivity contribution in [2.45, 2.75) is 32.2 Å². The van der Waals surface area contributed by atoms with E-state index in [1.54, 1.807) is 7.11 Å². The predicted octanol–water partition coefficient (Wildman–Crippen LogP) is 3.29. The fourth-order valence-electron chi connectivity index (χ4n) is 2.36. The van der Waals surface area contributed by atoms with Gasteiger partial charge in [-0.2, -0.15) is 0 Å². The van der Waals surface area contributed by atoms with Gasteiger partial charge in [0.05, 0.1) is 7.11 Å². The van der Waals surface area contributed by atoms with Crippen molar-refractivity contribution < 1.29 is 9.84 Å². The Hall–Kier alpha value is -0.740. The number of phenols is 1. The average molecular weight is 300 g/mol. The van der Waals surface area contributed by atoms with Crippen molar-refractivity contribution in [2.24, 2.45) is 0 Å². The van der Waals surface area contributed by atoms with Crippen molar-refractivity contribution in [1.82, 2.24) is 5.32 Å². The lowest BCUT2D eigenvalue weighted by atomic mass is 9.95. The van der Waals surface area contributed by atoms with Crippen molar-refractivity contribution in [3.05, 3.63) is 21.7 Å². The molecule has 0 aliphatic carbocycles. The van der Waals surface area contributed by atoms with E-state index in [4.69, 9.17) is 4.74 Å². The number of piperidine rings is 1. The van der Waals surface area contributed by atoms with Gasteiger partial charge >= 0.3 is 0 Å². The first-order chi connectivity index (χ1) is 8.15. The standard InChI is InChI=1S/C13H18BrNO2/c1-8-10(14)7-9(12(16)13(8)17-2)11-5-3-4-6-15-11/h7,11,15-16H,3-6H2,1-2H3. The Morgan fingerprint density at radius 2 is 2.24 bits per heavy atom. The van der Waals surface area contributed by atoms with Gasteiger partial charge in [-0.25, -0.2) is 0 Å². The van der Waals surface area contributed by atoms with Crippen LogP contribution in [0.3, 0.4) is 0 Å². The molecule has 3 nitrogen and oxygen atoms in total. The highest BCUT2D eigenvalue weighted by molar-refractivity contribution is 9.10. The number of hydrogen-bond donors (Lipinski definition) is 2. The molecule has 2 rings (SSSR count). The second kappa shape index (κ2) is 5.27. The van der Waals surface area contributed by atoms with E-state index in [1.165, 1.54) is 12.8 Å². The van der Waals surface area contributed by atoms with Crippen LogP contribution in [-0.4, -0.2) is 18.8 Å². The highest BCUT2D eigenvalue weighted by Gasteiger charge is 2.22. The summed E-state index contributed by atoms with van der Waals surface area (Å²) in [7, 11) is 1.59. The van der Waals surface area contributed by atoms with E-state index >= 15 is 0 Å². The fourth-order valence-corrected chi connectivity index (χ4v) is 2.79. The van der Waals surface area contributed by atoms with Crippen molar-refractivity contribution in [3.8, 4) is 11.5 Å². The Morgan fingerprint density at radius 1 is 1.47 bits per heavy atom. The molecule has 2 N–H and O–H groups in total. The molecule has 0 spiro atoms. The molecule has 94 valence electrons. The van der Waals surface area contributed by atoms with Crippen molar-refractivity contribution in [2.75, 3.05) is 13.7 Å². The molecule has 0 aromatic heterocycles. The van der Waals surface area contributed by atoms with Crippen LogP contribution in [0.5, 0.6) is 11.5 Å². The zero-order valence-corrected chi connectivity index (χ0v) is 11.8. The number of hydrogen-bond acceptors (Lipinski definition) is 3. The van der Waals surface area contributed by atoms with Crippen LogP contribution in [0.1, 0.15) is 36.4 Å². The molecule has 1 unspecified atom stereocenters. The van der Waals surface area contributed by atoms with Gasteiger partial charge in [-0.05, 0) is 32.4 Å². The van der Waals surface area contributed by atoms with Crippen molar-refractivity contribution >= 4 is 15.9 Å². The molecule has 17 heavy (non-hydrogen) atoms. The molecule has 4 heteroatoms. The quantitative estimate of drug-likeness (QED) is 0.880. The van der Waals surface area contributed by atoms with Gasteiger partial charge in [0.15, 0.2) is 11.5 Å². The zero-order chi connectivity index (χ0) is 12.4. The molecule has 1 atom stereocenters. The maximum Gasteiger partial charge on any atom is 0.164 e. The SMILES string of the molecule is COc1c(C)c(Br)cc(C2CCCCN2)c1O. The highest BCUT2D eigenvalue weighted by atomic mass is 79.9. The third kappa shape index (κ3) is 2.43. The smallest absolute Gasteiger partial charge is 0.164 e. The molecule has 0 amide bonds. The topological polar surface area (TPSA) is 41.5 Å². The molecule has 1 aliphatic heterocycles. The molecule has 1 heterocycles. The third-order valence-corrected chi connectivity index (χ3v) is 4.18. The molecule has 1 aromatic rings. The van der Waals surface area contributed by atoms with Gasteiger partial charge in [-0.1, -0.05) is 22.4 Å². The van der Waals surface area contributed by atoms with E-state index in [1.807, 2.05) is 13.0 Å². The number of aromatic hydroxyl groups is 1. The Morgan fingerprint density at radius 3 is 2.82 bits per heavy atom. The van der Waals surface area contributed by atoms with E-state index < -0.39 is 0 Å². The third-order valence-electron chi connectivity index (χ3n) is 3.36. The van der Waals surface area contributed by atoms with Crippen LogP contribution >= 0.6 is 15.9 Å². The maximum atomic E-state index is 10.3. The van der Waals surface area contributed by atoms with E-state index in [-0.39, 0.29) is 11.8 Å². The monoisotopic (exact) mass is 299 g/mol. The lowest BCUT2D eigenvalue weighted by Gasteiger charge is -2.26. The van der Waals surface area contributed by atoms with Gasteiger partial charge in [0, 0.05) is 21.6 Å². The van der Waals surface area contributed by atoms with Crippen molar-refractivity contribution in [3.63, 3.8) is 0 Å². The van der Waals surface area contributed by atoms with Gasteiger partial charge in [-0.15, -0.1) is 0 Å². The number of halogens is 1. The fraction of sp³-hybridized carbons (Fsp3) is 0.538. The normalized spacial score (nSPS) is 20.3. The predicted molar refractivity (Wildman–Crippen MR) is 71.7 cm³/mol. The van der Waals surface area contributed by atoms with Crippen LogP contribution < -0.4 is 10.1 Å². The molecule has 0 bridgehead atoms. The van der Waals surface area contributed by atoms with Crippen LogP contribution in [0, 0.1) is 6.92 Å². The van der Waals surface area contributed by atoms with Crippen LogP contribution in [0.2, 0.25) is 0 Å². The zero-order valence-electron chi connectivity index (χ0n) is 10.2. The van der Waals surface area contributed by atoms with Crippen molar-refractivity contribution in [1.29, 1.82) is 0 Å². The Bertz CT molecular complexity index is 414. The Kier molecular flexibility index (Phi) is 3.94. The molecule has 1 aromatic carbocycles. The number of methoxy groups -OCH3 is 1. The molecule has 1 aliphatic rings. The molecule has 0 radical (unpaired) electrons. The number of rotatable bonds is 2. The number of ether oxygens (including phenoxy) is 1. The number of phenolic OH excluding ortho intramolecular Hbond substituents is 1. The first-order valence-corrected chi connectivity index (χ1v) is 6.73. The van der Waals surface area contributed by atoms with Crippen LogP contribution in [0.25, 0.3) is 0 Å². The summed E-state index contributed by atoms with van der Waals surface area (Å²) in [6.45, 7) is 2.94. The second-order valence-electron chi connectivity index (χ2n) is 4.46. The molecule has 0 saturated carbocycles. The molecular formula is C13H18BrNO2. The van der Waals surface area contributed by atoms with E-state index in [0.29, 0.717) is 5.75 Å². The summed E-state index contributed by atoms with van der Waals surface area (Å²) in [5.41, 5.74) is 1.86. The summed E-state index contributed by atoms with van der Waals surface area (Å²) < 4.78 is 6.26. The minimum Gasteiger partial charge on any atom is -0.504 e. The Balaban J connectivity index is 2.42. The van der Waals surface area contributed by atoms with E-state index in [2.05, 4.69) is 21.2 Å². The van der Waals surface area contributed by atoms with Crippen LogP contribution in [-0.2, 0) is 0 Å². The second-order valence-corrected chi connectivity index (χ2v) is 5.31. The first kappa shape index (κ1) is 12.7. The first-order valence-electron chi connectivity index (χ1n) is 5.94. The van der Waals surface area contributed by atoms with Crippen LogP contribution in [0.15, 0.2) is 10.5 Å². The largest absolute Gasteiger partial charge is 0.504 e. The van der Waals surface area contributed by atoms with Crippen LogP contribution in [0.4, 0.5) is 0 Å². The van der Waals surface area contributed by atoms with E-state index in [9.17, 15) is 5.11 Å². The lowest BCUT2D eigenvalue weighted by molar-refractivity contribution is 0.352. The van der Waals surface area contributed by atoms with Gasteiger partial charge in [-0.3, -0.25) is 0 Å². The van der Waals surface area contributed by atoms with Gasteiger partial charge in [0.1, 0.15) is 0 Å². The van der Waals surface area contributed by atoms with Gasteiger partial charge < -0.3 is 15.2 Å². The summed E-state index contributed by atoms with van der Waals surface area (Å²) in [6, 6.07) is 2.23. The van der Waals surface area contributed by atoms with E-state index in [0.717, 1.165) is 28.6 Å². The molecule has 1 fully saturated rings. The number of nitrogens with one attached hydrogen (secondary N) is 1. The minimum atomic E-state index is 0.231. The molecule has 1 saturated heterocycles. The number of benzene rings is 1. The minimum absolute atomic E-state index is 0.231. The Labute approximate surface area is 110 Å².